The molecule has 7 heteroatoms. The number of aromatic nitrogens is 1. The van der Waals surface area contributed by atoms with Crippen LogP contribution in [0.15, 0.2) is 28.7 Å². The monoisotopic (exact) mass is 397 g/mol. The first-order valence-electron chi connectivity index (χ1n) is 10.8. The number of oxazole rings is 1. The van der Waals surface area contributed by atoms with Crippen LogP contribution in [0.5, 0.6) is 0 Å². The maximum Gasteiger partial charge on any atom is 0.326 e. The van der Waals surface area contributed by atoms with Gasteiger partial charge in [-0.25, -0.2) is 4.79 Å². The molecule has 0 radical (unpaired) electrons. The van der Waals surface area contributed by atoms with E-state index in [9.17, 15) is 14.7 Å². The zero-order chi connectivity index (χ0) is 20.0. The van der Waals surface area contributed by atoms with Crippen LogP contribution in [0, 0.1) is 11.8 Å². The van der Waals surface area contributed by atoms with Gasteiger partial charge in [0, 0.05) is 25.0 Å². The second-order valence-electron chi connectivity index (χ2n) is 8.67. The molecule has 7 nitrogen and oxygen atoms in total. The lowest BCUT2D eigenvalue weighted by Gasteiger charge is -2.37. The Hall–Kier alpha value is -2.57. The average molecular weight is 397 g/mol. The van der Waals surface area contributed by atoms with Gasteiger partial charge in [0.2, 0.25) is 5.91 Å². The number of carbonyl (C=O) groups excluding carboxylic acids is 1. The Morgan fingerprint density at radius 2 is 1.83 bits per heavy atom. The van der Waals surface area contributed by atoms with Crippen molar-refractivity contribution in [3.63, 3.8) is 0 Å². The maximum atomic E-state index is 13.4. The summed E-state index contributed by atoms with van der Waals surface area (Å²) < 4.78 is 5.86. The molecule has 3 atom stereocenters. The molecule has 0 bridgehead atoms. The normalized spacial score (nSPS) is 27.9. The fourth-order valence-electron chi connectivity index (χ4n) is 5.52. The van der Waals surface area contributed by atoms with Crippen molar-refractivity contribution < 1.29 is 19.1 Å². The molecule has 1 aliphatic carbocycles. The number of benzene rings is 1. The zero-order valence-electron chi connectivity index (χ0n) is 16.5. The van der Waals surface area contributed by atoms with E-state index in [1.165, 1.54) is 0 Å². The molecule has 3 fully saturated rings. The molecule has 3 aliphatic rings. The molecule has 1 N–H and O–H groups in total. The third-order valence-electron chi connectivity index (χ3n) is 7.02. The Labute approximate surface area is 169 Å². The van der Waals surface area contributed by atoms with Crippen LogP contribution in [0.1, 0.15) is 44.9 Å². The molecule has 2 aromatic rings. The number of para-hydroxylation sites is 2. The molecule has 1 amide bonds. The summed E-state index contributed by atoms with van der Waals surface area (Å²) in [5.74, 6) is -0.563. The third kappa shape index (κ3) is 3.26. The molecular formula is C22H27N3O4. The minimum Gasteiger partial charge on any atom is -0.480 e. The summed E-state index contributed by atoms with van der Waals surface area (Å²) in [5.41, 5.74) is 1.61. The average Bonchev–Trinajstić information content (AvgIpc) is 3.35. The predicted octanol–water partition coefficient (Wildman–Crippen LogP) is 3.29. The molecule has 1 aromatic heterocycles. The van der Waals surface area contributed by atoms with Gasteiger partial charge in [0.1, 0.15) is 11.6 Å². The number of carboxylic acids is 1. The smallest absolute Gasteiger partial charge is 0.326 e. The van der Waals surface area contributed by atoms with E-state index >= 15 is 0 Å². The highest BCUT2D eigenvalue weighted by Crippen LogP contribution is 2.41. The summed E-state index contributed by atoms with van der Waals surface area (Å²) in [7, 11) is 0. The van der Waals surface area contributed by atoms with Crippen LogP contribution in [0.4, 0.5) is 6.01 Å². The molecule has 1 saturated carbocycles. The van der Waals surface area contributed by atoms with Gasteiger partial charge in [0.05, 0.1) is 0 Å². The SMILES string of the molecule is O=C(O)[C@@H]1C[C@@H]2CCCC[C@H]2N1C(=O)C1CCN(c2nc3ccccc3o2)CC1. The summed E-state index contributed by atoms with van der Waals surface area (Å²) in [4.78, 5) is 33.6. The fraction of sp³-hybridized carbons (Fsp3) is 0.591. The number of piperidine rings is 1. The Balaban J connectivity index is 1.28. The molecular weight excluding hydrogens is 370 g/mol. The zero-order valence-corrected chi connectivity index (χ0v) is 16.5. The number of anilines is 1. The lowest BCUT2D eigenvalue weighted by atomic mass is 9.84. The molecule has 29 heavy (non-hydrogen) atoms. The standard InChI is InChI=1S/C22H27N3O4/c26-20(25-17-7-3-1-5-15(17)13-18(25)21(27)28)14-9-11-24(12-10-14)22-23-16-6-2-4-8-19(16)29-22/h2,4,6,8,14-15,17-18H,1,3,5,7,9-13H2,(H,27,28)/t15-,17+,18-/m0/s1. The van der Waals surface area contributed by atoms with E-state index in [-0.39, 0.29) is 17.9 Å². The fourth-order valence-corrected chi connectivity index (χ4v) is 5.52. The summed E-state index contributed by atoms with van der Waals surface area (Å²) in [6, 6.07) is 7.77. The van der Waals surface area contributed by atoms with Gasteiger partial charge in [0.25, 0.3) is 6.01 Å². The largest absolute Gasteiger partial charge is 0.480 e. The highest BCUT2D eigenvalue weighted by Gasteiger charge is 2.49. The number of hydrogen-bond donors (Lipinski definition) is 1. The molecule has 2 saturated heterocycles. The van der Waals surface area contributed by atoms with Crippen molar-refractivity contribution in [2.45, 2.75) is 57.0 Å². The topological polar surface area (TPSA) is 86.9 Å². The van der Waals surface area contributed by atoms with Crippen LogP contribution in [0.25, 0.3) is 11.1 Å². The van der Waals surface area contributed by atoms with E-state index in [0.717, 1.165) is 36.8 Å². The van der Waals surface area contributed by atoms with Crippen LogP contribution < -0.4 is 4.90 Å². The van der Waals surface area contributed by atoms with Crippen LogP contribution in [0.3, 0.4) is 0 Å². The first-order chi connectivity index (χ1) is 14.1. The Morgan fingerprint density at radius 1 is 1.07 bits per heavy atom. The van der Waals surface area contributed by atoms with Crippen molar-refractivity contribution in [1.82, 2.24) is 9.88 Å². The predicted molar refractivity (Wildman–Crippen MR) is 108 cm³/mol. The van der Waals surface area contributed by atoms with Gasteiger partial charge >= 0.3 is 5.97 Å². The van der Waals surface area contributed by atoms with Crippen molar-refractivity contribution in [3.05, 3.63) is 24.3 Å². The summed E-state index contributed by atoms with van der Waals surface area (Å²) in [6.07, 6.45) is 6.27. The van der Waals surface area contributed by atoms with Crippen LogP contribution in [0.2, 0.25) is 0 Å². The van der Waals surface area contributed by atoms with Gasteiger partial charge in [-0.1, -0.05) is 25.0 Å². The lowest BCUT2D eigenvalue weighted by molar-refractivity contribution is -0.152. The molecule has 0 unspecified atom stereocenters. The van der Waals surface area contributed by atoms with Crippen LogP contribution >= 0.6 is 0 Å². The molecule has 1 aromatic carbocycles. The summed E-state index contributed by atoms with van der Waals surface area (Å²) in [6.45, 7) is 1.39. The number of aliphatic carboxylic acids is 1. The number of carbonyl (C=O) groups is 2. The minimum atomic E-state index is -0.850. The number of nitrogens with zero attached hydrogens (tertiary/aromatic N) is 3. The van der Waals surface area contributed by atoms with Crippen LogP contribution in [-0.4, -0.2) is 52.0 Å². The molecule has 0 spiro atoms. The van der Waals surface area contributed by atoms with Crippen molar-refractivity contribution in [3.8, 4) is 0 Å². The molecule has 154 valence electrons. The first-order valence-corrected chi connectivity index (χ1v) is 10.8. The van der Waals surface area contributed by atoms with Crippen molar-refractivity contribution >= 4 is 29.0 Å². The second-order valence-corrected chi connectivity index (χ2v) is 8.67. The van der Waals surface area contributed by atoms with E-state index in [4.69, 9.17) is 4.42 Å². The van der Waals surface area contributed by atoms with Crippen molar-refractivity contribution in [2.75, 3.05) is 18.0 Å². The van der Waals surface area contributed by atoms with E-state index in [0.29, 0.717) is 44.3 Å². The molecule has 2 aliphatic heterocycles. The third-order valence-corrected chi connectivity index (χ3v) is 7.02. The van der Waals surface area contributed by atoms with Gasteiger partial charge in [-0.2, -0.15) is 4.98 Å². The highest BCUT2D eigenvalue weighted by atomic mass is 16.4. The van der Waals surface area contributed by atoms with Crippen molar-refractivity contribution in [1.29, 1.82) is 0 Å². The molecule has 5 rings (SSSR count). The van der Waals surface area contributed by atoms with Gasteiger partial charge < -0.3 is 19.3 Å². The minimum absolute atomic E-state index is 0.0454. The number of hydrogen-bond acceptors (Lipinski definition) is 5. The second kappa shape index (κ2) is 7.35. The van der Waals surface area contributed by atoms with Gasteiger partial charge in [-0.05, 0) is 50.2 Å². The quantitative estimate of drug-likeness (QED) is 0.855. The maximum absolute atomic E-state index is 13.4. The highest BCUT2D eigenvalue weighted by molar-refractivity contribution is 5.86. The van der Waals surface area contributed by atoms with E-state index in [1.54, 1.807) is 4.90 Å². The van der Waals surface area contributed by atoms with E-state index in [1.807, 2.05) is 24.3 Å². The first kappa shape index (κ1) is 18.5. The van der Waals surface area contributed by atoms with Crippen LogP contribution in [-0.2, 0) is 9.59 Å². The molecule has 3 heterocycles. The number of rotatable bonds is 3. The number of fused-ring (bicyclic) bond motifs is 2. The summed E-state index contributed by atoms with van der Waals surface area (Å²) in [5, 5.41) is 9.71. The lowest BCUT2D eigenvalue weighted by Crippen LogP contribution is -2.50. The summed E-state index contributed by atoms with van der Waals surface area (Å²) >= 11 is 0. The number of likely N-dealkylation sites (tertiary alicyclic amines) is 1. The Bertz CT molecular complexity index is 885. The Morgan fingerprint density at radius 3 is 2.59 bits per heavy atom. The van der Waals surface area contributed by atoms with Gasteiger partial charge in [-0.3, -0.25) is 4.79 Å². The Kier molecular flexibility index (Phi) is 4.68. The number of amides is 1. The van der Waals surface area contributed by atoms with E-state index in [2.05, 4.69) is 9.88 Å². The van der Waals surface area contributed by atoms with Gasteiger partial charge in [0.15, 0.2) is 5.58 Å². The van der Waals surface area contributed by atoms with Gasteiger partial charge in [-0.15, -0.1) is 0 Å². The van der Waals surface area contributed by atoms with E-state index < -0.39 is 12.0 Å². The van der Waals surface area contributed by atoms with Crippen molar-refractivity contribution in [2.24, 2.45) is 11.8 Å². The number of carboxylic acid groups (broad SMARTS) is 1.